The first-order chi connectivity index (χ1) is 14.5. The monoisotopic (exact) mass is 403 g/mol. The van der Waals surface area contributed by atoms with Crippen LogP contribution in [0.4, 0.5) is 20.4 Å². The van der Waals surface area contributed by atoms with Gasteiger partial charge in [0.15, 0.2) is 0 Å². The van der Waals surface area contributed by atoms with Crippen LogP contribution >= 0.6 is 0 Å². The third kappa shape index (κ3) is 3.46. The molecule has 4 rings (SSSR count). The predicted octanol–water partition coefficient (Wildman–Crippen LogP) is 3.99. The molecule has 0 amide bonds. The third-order valence-electron chi connectivity index (χ3n) is 4.61. The molecular weight excluding hydrogens is 388 g/mol. The summed E-state index contributed by atoms with van der Waals surface area (Å²) in [6, 6.07) is 11.5. The Morgan fingerprint density at radius 2 is 1.87 bits per heavy atom. The van der Waals surface area contributed by atoms with Crippen molar-refractivity contribution in [3.05, 3.63) is 71.7 Å². The molecule has 2 aromatic carbocycles. The lowest BCUT2D eigenvalue weighted by Gasteiger charge is -2.19. The van der Waals surface area contributed by atoms with Gasteiger partial charge in [-0.3, -0.25) is 0 Å². The van der Waals surface area contributed by atoms with E-state index in [-0.39, 0.29) is 17.2 Å². The van der Waals surface area contributed by atoms with Gasteiger partial charge in [0, 0.05) is 10.9 Å². The lowest BCUT2D eigenvalue weighted by molar-refractivity contribution is 0.628. The summed E-state index contributed by atoms with van der Waals surface area (Å²) in [5.74, 6) is -0.617. The normalized spacial score (nSPS) is 11.8. The molecule has 30 heavy (non-hydrogen) atoms. The minimum Gasteiger partial charge on any atom is -0.382 e. The second-order valence-corrected chi connectivity index (χ2v) is 6.59. The molecule has 2 aromatic heterocycles. The van der Waals surface area contributed by atoms with Crippen molar-refractivity contribution in [3.63, 3.8) is 0 Å². The van der Waals surface area contributed by atoms with Gasteiger partial charge in [-0.1, -0.05) is 12.1 Å². The molecule has 3 N–H and O–H groups in total. The van der Waals surface area contributed by atoms with Gasteiger partial charge < -0.3 is 11.1 Å². The number of hydrogen-bond donors (Lipinski definition) is 2. The summed E-state index contributed by atoms with van der Waals surface area (Å²) in [7, 11) is 0. The van der Waals surface area contributed by atoms with Crippen molar-refractivity contribution in [2.45, 2.75) is 13.0 Å². The van der Waals surface area contributed by atoms with E-state index < -0.39 is 17.7 Å². The summed E-state index contributed by atoms with van der Waals surface area (Å²) in [4.78, 5) is 7.88. The van der Waals surface area contributed by atoms with Gasteiger partial charge in [-0.05, 0) is 42.8 Å². The standard InChI is InChI=1S/C21H15F2N7/c1-11(28-21-16(9-24)20(25)26-10-27-21)19-18(12-3-2-4-13(22)7-12)15-8-14(23)5-6-17(15)29-30-19/h2-8,10-11H,1H3,(H3,25,26,27,28). The largest absolute Gasteiger partial charge is 0.382 e. The fourth-order valence-electron chi connectivity index (χ4n) is 3.23. The number of nitrogens with zero attached hydrogens (tertiary/aromatic N) is 5. The molecule has 0 bridgehead atoms. The Hall–Kier alpha value is -4.19. The van der Waals surface area contributed by atoms with E-state index in [1.807, 2.05) is 6.07 Å². The summed E-state index contributed by atoms with van der Waals surface area (Å²) in [5.41, 5.74) is 7.79. The highest BCUT2D eigenvalue weighted by Gasteiger charge is 2.21. The molecule has 9 heteroatoms. The van der Waals surface area contributed by atoms with E-state index in [4.69, 9.17) is 5.73 Å². The molecule has 7 nitrogen and oxygen atoms in total. The van der Waals surface area contributed by atoms with Gasteiger partial charge in [-0.15, -0.1) is 0 Å². The Bertz CT molecular complexity index is 1300. The van der Waals surface area contributed by atoms with Crippen LogP contribution in [-0.2, 0) is 0 Å². The zero-order valence-corrected chi connectivity index (χ0v) is 15.8. The van der Waals surface area contributed by atoms with Crippen LogP contribution in [0.1, 0.15) is 24.2 Å². The molecular formula is C21H15F2N7. The number of aromatic nitrogens is 4. The van der Waals surface area contributed by atoms with Crippen LogP contribution in [0, 0.1) is 23.0 Å². The van der Waals surface area contributed by atoms with Crippen molar-refractivity contribution < 1.29 is 8.78 Å². The van der Waals surface area contributed by atoms with E-state index >= 15 is 0 Å². The van der Waals surface area contributed by atoms with Gasteiger partial charge in [0.1, 0.15) is 41.2 Å². The first-order valence-corrected chi connectivity index (χ1v) is 8.97. The van der Waals surface area contributed by atoms with Gasteiger partial charge in [0.25, 0.3) is 0 Å². The van der Waals surface area contributed by atoms with Gasteiger partial charge in [0.2, 0.25) is 0 Å². The van der Waals surface area contributed by atoms with E-state index in [1.54, 1.807) is 19.1 Å². The van der Waals surface area contributed by atoms with Crippen molar-refractivity contribution in [3.8, 4) is 17.2 Å². The number of nitrogen functional groups attached to an aromatic ring is 1. The van der Waals surface area contributed by atoms with Crippen LogP contribution in [0.25, 0.3) is 22.0 Å². The smallest absolute Gasteiger partial charge is 0.150 e. The maximum absolute atomic E-state index is 14.0. The van der Waals surface area contributed by atoms with Gasteiger partial charge >= 0.3 is 0 Å². The van der Waals surface area contributed by atoms with E-state index in [1.165, 1.54) is 36.7 Å². The zero-order chi connectivity index (χ0) is 21.3. The maximum atomic E-state index is 14.0. The van der Waals surface area contributed by atoms with E-state index in [9.17, 15) is 14.0 Å². The number of nitrogens with two attached hydrogens (primary N) is 1. The van der Waals surface area contributed by atoms with E-state index in [0.717, 1.165) is 0 Å². The lowest BCUT2D eigenvalue weighted by atomic mass is 9.96. The molecule has 0 aliphatic heterocycles. The van der Waals surface area contributed by atoms with Crippen molar-refractivity contribution in [1.29, 1.82) is 5.26 Å². The van der Waals surface area contributed by atoms with Crippen molar-refractivity contribution in [2.75, 3.05) is 11.1 Å². The van der Waals surface area contributed by atoms with Crippen LogP contribution in [0.2, 0.25) is 0 Å². The Morgan fingerprint density at radius 1 is 1.07 bits per heavy atom. The number of benzene rings is 2. The van der Waals surface area contributed by atoms with Crippen molar-refractivity contribution in [1.82, 2.24) is 20.2 Å². The van der Waals surface area contributed by atoms with Gasteiger partial charge in [0.05, 0.1) is 17.3 Å². The summed E-state index contributed by atoms with van der Waals surface area (Å²) >= 11 is 0. The molecule has 0 saturated heterocycles. The van der Waals surface area contributed by atoms with Crippen LogP contribution < -0.4 is 11.1 Å². The number of fused-ring (bicyclic) bond motifs is 1. The molecule has 148 valence electrons. The zero-order valence-electron chi connectivity index (χ0n) is 15.8. The molecule has 0 aliphatic rings. The second-order valence-electron chi connectivity index (χ2n) is 6.59. The molecule has 1 unspecified atom stereocenters. The molecule has 0 aliphatic carbocycles. The molecule has 4 aromatic rings. The highest BCUT2D eigenvalue weighted by atomic mass is 19.1. The highest BCUT2D eigenvalue weighted by molar-refractivity contribution is 5.95. The van der Waals surface area contributed by atoms with Crippen LogP contribution in [0.5, 0.6) is 0 Å². The molecule has 0 radical (unpaired) electrons. The summed E-state index contributed by atoms with van der Waals surface area (Å²) in [6.45, 7) is 1.78. The average Bonchev–Trinajstić information content (AvgIpc) is 2.73. The first kappa shape index (κ1) is 19.1. The number of nitrogens with one attached hydrogen (secondary N) is 1. The Kier molecular flexibility index (Phi) is 4.90. The van der Waals surface area contributed by atoms with Gasteiger partial charge in [-0.25, -0.2) is 18.7 Å². The van der Waals surface area contributed by atoms with Crippen molar-refractivity contribution in [2.24, 2.45) is 0 Å². The number of anilines is 2. The highest BCUT2D eigenvalue weighted by Crippen LogP contribution is 2.35. The van der Waals surface area contributed by atoms with Crippen molar-refractivity contribution >= 4 is 22.5 Å². The molecule has 1 atom stereocenters. The number of rotatable bonds is 4. The Morgan fingerprint density at radius 3 is 2.63 bits per heavy atom. The SMILES string of the molecule is CC(Nc1ncnc(N)c1C#N)c1nnc2ccc(F)cc2c1-c1cccc(F)c1. The number of halogens is 2. The van der Waals surface area contributed by atoms with Crippen LogP contribution in [-0.4, -0.2) is 20.2 Å². The number of hydrogen-bond acceptors (Lipinski definition) is 7. The quantitative estimate of drug-likeness (QED) is 0.529. The predicted molar refractivity (Wildman–Crippen MR) is 108 cm³/mol. The Balaban J connectivity index is 1.90. The fourth-order valence-corrected chi connectivity index (χ4v) is 3.23. The van der Waals surface area contributed by atoms with Gasteiger partial charge in [-0.2, -0.15) is 15.5 Å². The maximum Gasteiger partial charge on any atom is 0.150 e. The third-order valence-corrected chi connectivity index (χ3v) is 4.61. The average molecular weight is 403 g/mol. The minimum atomic E-state index is -0.523. The lowest BCUT2D eigenvalue weighted by Crippen LogP contribution is -2.14. The Labute approximate surface area is 170 Å². The van der Waals surface area contributed by atoms with E-state index in [0.29, 0.717) is 27.7 Å². The molecule has 0 saturated carbocycles. The minimum absolute atomic E-state index is 0.0409. The topological polar surface area (TPSA) is 113 Å². The van der Waals surface area contributed by atoms with Crippen LogP contribution in [0.3, 0.4) is 0 Å². The second kappa shape index (κ2) is 7.67. The molecule has 0 spiro atoms. The first-order valence-electron chi connectivity index (χ1n) is 8.97. The fraction of sp³-hybridized carbons (Fsp3) is 0.0952. The summed E-state index contributed by atoms with van der Waals surface area (Å²) in [5, 5.41) is 21.4. The van der Waals surface area contributed by atoms with E-state index in [2.05, 4.69) is 25.5 Å². The summed E-state index contributed by atoms with van der Waals surface area (Å²) < 4.78 is 28.0. The molecule has 0 fully saturated rings. The summed E-state index contributed by atoms with van der Waals surface area (Å²) in [6.07, 6.45) is 1.24. The number of nitriles is 1. The van der Waals surface area contributed by atoms with Crippen LogP contribution in [0.15, 0.2) is 48.8 Å². The molecule has 2 heterocycles.